The third kappa shape index (κ3) is 3.49. The fourth-order valence-corrected chi connectivity index (χ4v) is 3.54. The third-order valence-electron chi connectivity index (χ3n) is 4.99. The van der Waals surface area contributed by atoms with Gasteiger partial charge in [-0.1, -0.05) is 30.3 Å². The van der Waals surface area contributed by atoms with Gasteiger partial charge in [0.15, 0.2) is 0 Å². The van der Waals surface area contributed by atoms with E-state index in [9.17, 15) is 4.79 Å². The van der Waals surface area contributed by atoms with Crippen molar-refractivity contribution in [1.82, 2.24) is 14.8 Å². The Labute approximate surface area is 144 Å². The average molecular weight is 323 g/mol. The molecule has 0 spiro atoms. The molecule has 2 atom stereocenters. The Morgan fingerprint density at radius 1 is 1.25 bits per heavy atom. The zero-order valence-electron chi connectivity index (χ0n) is 14.4. The number of hydrogen-bond acceptors (Lipinski definition) is 3. The van der Waals surface area contributed by atoms with E-state index in [-0.39, 0.29) is 11.9 Å². The predicted molar refractivity (Wildman–Crippen MR) is 95.8 cm³/mol. The molecule has 126 valence electrons. The van der Waals surface area contributed by atoms with Gasteiger partial charge in [0.25, 0.3) is 5.91 Å². The molecule has 1 aliphatic heterocycles. The summed E-state index contributed by atoms with van der Waals surface area (Å²) in [5.74, 6) is 0.110. The summed E-state index contributed by atoms with van der Waals surface area (Å²) in [6, 6.07) is 14.8. The first-order valence-electron chi connectivity index (χ1n) is 8.70. The summed E-state index contributed by atoms with van der Waals surface area (Å²) in [5.41, 5.74) is 2.06. The molecule has 1 amide bonds. The number of aromatic nitrogens is 1. The van der Waals surface area contributed by atoms with Crippen LogP contribution in [0.1, 0.15) is 42.2 Å². The fourth-order valence-electron chi connectivity index (χ4n) is 3.54. The number of benzene rings is 1. The molecule has 24 heavy (non-hydrogen) atoms. The first kappa shape index (κ1) is 16.7. The van der Waals surface area contributed by atoms with Crippen molar-refractivity contribution in [2.24, 2.45) is 0 Å². The molecule has 0 radical (unpaired) electrons. The van der Waals surface area contributed by atoms with Gasteiger partial charge in [-0.2, -0.15) is 0 Å². The molecule has 0 saturated carbocycles. The number of hydrogen-bond donors (Lipinski definition) is 0. The smallest absolute Gasteiger partial charge is 0.254 e. The van der Waals surface area contributed by atoms with Crippen LogP contribution in [0.4, 0.5) is 0 Å². The van der Waals surface area contributed by atoms with Crippen LogP contribution in [0.3, 0.4) is 0 Å². The molecule has 0 bridgehead atoms. The lowest BCUT2D eigenvalue weighted by molar-refractivity contribution is 0.0689. The standard InChI is InChI=1S/C20H25N3O/c1-3-23(20(24)18-9-12-21-13-10-18)19-11-14-22(15-19)16(2)17-7-5-4-6-8-17/h4-10,12-13,16,19H,3,11,14-15H2,1-2H3/t16-,19+/m0/s1. The number of carbonyl (C=O) groups is 1. The van der Waals surface area contributed by atoms with Crippen molar-refractivity contribution in [2.45, 2.75) is 32.4 Å². The van der Waals surface area contributed by atoms with Crippen LogP contribution in [0.2, 0.25) is 0 Å². The molecule has 0 N–H and O–H groups in total. The van der Waals surface area contributed by atoms with Crippen molar-refractivity contribution in [3.8, 4) is 0 Å². The SMILES string of the molecule is CCN(C(=O)c1ccncc1)[C@@H]1CCN([C@@H](C)c2ccccc2)C1. The van der Waals surface area contributed by atoms with Crippen LogP contribution in [0, 0.1) is 0 Å². The molecule has 0 aliphatic carbocycles. The highest BCUT2D eigenvalue weighted by atomic mass is 16.2. The molecule has 2 aromatic rings. The van der Waals surface area contributed by atoms with E-state index >= 15 is 0 Å². The minimum absolute atomic E-state index is 0.110. The minimum Gasteiger partial charge on any atom is -0.335 e. The Bertz CT molecular complexity index is 659. The molecule has 1 saturated heterocycles. The molecule has 1 aromatic carbocycles. The summed E-state index contributed by atoms with van der Waals surface area (Å²) in [7, 11) is 0. The first-order chi connectivity index (χ1) is 11.7. The lowest BCUT2D eigenvalue weighted by Gasteiger charge is -2.30. The topological polar surface area (TPSA) is 36.4 Å². The zero-order valence-corrected chi connectivity index (χ0v) is 14.4. The third-order valence-corrected chi connectivity index (χ3v) is 4.99. The largest absolute Gasteiger partial charge is 0.335 e. The average Bonchev–Trinajstić information content (AvgIpc) is 3.13. The second-order valence-electron chi connectivity index (χ2n) is 6.35. The molecule has 1 fully saturated rings. The maximum absolute atomic E-state index is 12.8. The zero-order chi connectivity index (χ0) is 16.9. The molecule has 4 nitrogen and oxygen atoms in total. The number of pyridine rings is 1. The quantitative estimate of drug-likeness (QED) is 0.846. The van der Waals surface area contributed by atoms with Crippen molar-refractivity contribution >= 4 is 5.91 Å². The minimum atomic E-state index is 0.110. The molecule has 4 heteroatoms. The molecule has 3 rings (SSSR count). The van der Waals surface area contributed by atoms with Crippen molar-refractivity contribution < 1.29 is 4.79 Å². The van der Waals surface area contributed by atoms with Gasteiger partial charge < -0.3 is 4.90 Å². The number of rotatable bonds is 5. The summed E-state index contributed by atoms with van der Waals surface area (Å²) in [6.45, 7) is 7.00. The van der Waals surface area contributed by atoms with E-state index in [4.69, 9.17) is 0 Å². The van der Waals surface area contributed by atoms with E-state index in [2.05, 4.69) is 54.1 Å². The summed E-state index contributed by atoms with van der Waals surface area (Å²) < 4.78 is 0. The summed E-state index contributed by atoms with van der Waals surface area (Å²) in [4.78, 5) is 21.3. The highest BCUT2D eigenvalue weighted by Crippen LogP contribution is 2.27. The summed E-state index contributed by atoms with van der Waals surface area (Å²) >= 11 is 0. The van der Waals surface area contributed by atoms with Gasteiger partial charge in [0.1, 0.15) is 0 Å². The van der Waals surface area contributed by atoms with Crippen LogP contribution in [0.25, 0.3) is 0 Å². The van der Waals surface area contributed by atoms with Gasteiger partial charge in [-0.3, -0.25) is 14.7 Å². The number of likely N-dealkylation sites (N-methyl/N-ethyl adjacent to an activating group) is 1. The van der Waals surface area contributed by atoms with Gasteiger partial charge in [0.2, 0.25) is 0 Å². The number of likely N-dealkylation sites (tertiary alicyclic amines) is 1. The Kier molecular flexibility index (Phi) is 5.26. The van der Waals surface area contributed by atoms with Gasteiger partial charge in [-0.05, 0) is 38.0 Å². The van der Waals surface area contributed by atoms with E-state index in [1.165, 1.54) is 5.56 Å². The number of nitrogens with zero attached hydrogens (tertiary/aromatic N) is 3. The van der Waals surface area contributed by atoms with Gasteiger partial charge >= 0.3 is 0 Å². The van der Waals surface area contributed by atoms with E-state index in [1.807, 2.05) is 4.90 Å². The summed E-state index contributed by atoms with van der Waals surface area (Å²) in [5, 5.41) is 0. The number of carbonyl (C=O) groups excluding carboxylic acids is 1. The maximum Gasteiger partial charge on any atom is 0.254 e. The van der Waals surface area contributed by atoms with Crippen molar-refractivity contribution in [3.63, 3.8) is 0 Å². The van der Waals surface area contributed by atoms with Gasteiger partial charge in [0, 0.05) is 49.7 Å². The van der Waals surface area contributed by atoms with Gasteiger partial charge in [-0.25, -0.2) is 0 Å². The molecule has 1 aliphatic rings. The van der Waals surface area contributed by atoms with Gasteiger partial charge in [-0.15, -0.1) is 0 Å². The molecular weight excluding hydrogens is 298 g/mol. The Hall–Kier alpha value is -2.20. The molecule has 0 unspecified atom stereocenters. The Balaban J connectivity index is 1.68. The van der Waals surface area contributed by atoms with Crippen molar-refractivity contribution in [1.29, 1.82) is 0 Å². The van der Waals surface area contributed by atoms with Gasteiger partial charge in [0.05, 0.1) is 0 Å². The highest BCUT2D eigenvalue weighted by molar-refractivity contribution is 5.94. The molecule has 1 aromatic heterocycles. The van der Waals surface area contributed by atoms with Crippen molar-refractivity contribution in [3.05, 3.63) is 66.0 Å². The molecular formula is C20H25N3O. The second kappa shape index (κ2) is 7.58. The molecule has 2 heterocycles. The van der Waals surface area contributed by atoms with Crippen molar-refractivity contribution in [2.75, 3.05) is 19.6 Å². The van der Waals surface area contributed by atoms with Crippen LogP contribution in [0.15, 0.2) is 54.9 Å². The maximum atomic E-state index is 12.8. The first-order valence-corrected chi connectivity index (χ1v) is 8.70. The Morgan fingerprint density at radius 3 is 2.62 bits per heavy atom. The second-order valence-corrected chi connectivity index (χ2v) is 6.35. The Morgan fingerprint density at radius 2 is 1.96 bits per heavy atom. The van der Waals surface area contributed by atoms with Crippen LogP contribution in [-0.4, -0.2) is 46.4 Å². The monoisotopic (exact) mass is 323 g/mol. The van der Waals surface area contributed by atoms with E-state index in [0.29, 0.717) is 6.04 Å². The summed E-state index contributed by atoms with van der Waals surface area (Å²) in [6.07, 6.45) is 4.39. The van der Waals surface area contributed by atoms with E-state index in [0.717, 1.165) is 31.6 Å². The predicted octanol–water partition coefficient (Wildman–Crippen LogP) is 3.38. The van der Waals surface area contributed by atoms with Crippen LogP contribution in [0.5, 0.6) is 0 Å². The van der Waals surface area contributed by atoms with Crippen LogP contribution in [-0.2, 0) is 0 Å². The van der Waals surface area contributed by atoms with E-state index in [1.54, 1.807) is 24.5 Å². The lowest BCUT2D eigenvalue weighted by Crippen LogP contribution is -2.42. The van der Waals surface area contributed by atoms with Crippen LogP contribution < -0.4 is 0 Å². The normalized spacial score (nSPS) is 19.2. The van der Waals surface area contributed by atoms with Crippen LogP contribution >= 0.6 is 0 Å². The number of amides is 1. The highest BCUT2D eigenvalue weighted by Gasteiger charge is 2.32. The lowest BCUT2D eigenvalue weighted by atomic mass is 10.1. The van der Waals surface area contributed by atoms with E-state index < -0.39 is 0 Å². The fraction of sp³-hybridized carbons (Fsp3) is 0.400.